The molecule has 0 radical (unpaired) electrons. The smallest absolute Gasteiger partial charge is 0.253 e. The van der Waals surface area contributed by atoms with Crippen LogP contribution in [0.25, 0.3) is 0 Å². The lowest BCUT2D eigenvalue weighted by molar-refractivity contribution is -0.113. The molecule has 0 aliphatic carbocycles. The lowest BCUT2D eigenvalue weighted by Gasteiger charge is -2.10. The SMILES string of the molecule is CN(C)C(=O)c1ccc(NC(=O)CSc2nnnn2C)cc1. The Balaban J connectivity index is 1.89. The van der Waals surface area contributed by atoms with Crippen LogP contribution in [0.2, 0.25) is 0 Å². The van der Waals surface area contributed by atoms with E-state index in [2.05, 4.69) is 20.8 Å². The van der Waals surface area contributed by atoms with Crippen molar-refractivity contribution in [3.63, 3.8) is 0 Å². The number of tetrazole rings is 1. The number of nitrogens with zero attached hydrogens (tertiary/aromatic N) is 5. The molecule has 0 atom stereocenters. The number of amides is 2. The summed E-state index contributed by atoms with van der Waals surface area (Å²) in [5.74, 6) is -0.0463. The first-order chi connectivity index (χ1) is 10.5. The summed E-state index contributed by atoms with van der Waals surface area (Å²) in [7, 11) is 5.09. The topological polar surface area (TPSA) is 93.0 Å². The Hall–Kier alpha value is -2.42. The van der Waals surface area contributed by atoms with Crippen LogP contribution in [0.3, 0.4) is 0 Å². The van der Waals surface area contributed by atoms with Gasteiger partial charge in [0.25, 0.3) is 5.91 Å². The standard InChI is InChI=1S/C13H16N6O2S/c1-18(2)12(21)9-4-6-10(7-5-9)14-11(20)8-22-13-15-16-17-19(13)3/h4-7H,8H2,1-3H3,(H,14,20). The Morgan fingerprint density at radius 3 is 2.50 bits per heavy atom. The largest absolute Gasteiger partial charge is 0.345 e. The van der Waals surface area contributed by atoms with Crippen molar-refractivity contribution in [3.8, 4) is 0 Å². The molecule has 2 aromatic rings. The highest BCUT2D eigenvalue weighted by Gasteiger charge is 2.10. The van der Waals surface area contributed by atoms with Crippen molar-refractivity contribution < 1.29 is 9.59 Å². The Labute approximate surface area is 131 Å². The molecule has 1 aromatic heterocycles. The molecule has 1 aromatic carbocycles. The first-order valence-corrected chi connectivity index (χ1v) is 7.42. The van der Waals surface area contributed by atoms with Crippen LogP contribution in [0.15, 0.2) is 29.4 Å². The van der Waals surface area contributed by atoms with E-state index in [1.807, 2.05) is 0 Å². The summed E-state index contributed by atoms with van der Waals surface area (Å²) in [6.45, 7) is 0. The number of hydrogen-bond donors (Lipinski definition) is 1. The minimum atomic E-state index is -0.167. The third-order valence-electron chi connectivity index (χ3n) is 2.74. The monoisotopic (exact) mass is 320 g/mol. The molecular weight excluding hydrogens is 304 g/mol. The molecule has 0 saturated carbocycles. The van der Waals surface area contributed by atoms with Gasteiger partial charge in [0, 0.05) is 32.4 Å². The summed E-state index contributed by atoms with van der Waals surface area (Å²) >= 11 is 1.25. The van der Waals surface area contributed by atoms with Crippen molar-refractivity contribution in [3.05, 3.63) is 29.8 Å². The number of rotatable bonds is 5. The average Bonchev–Trinajstić information content (AvgIpc) is 2.90. The lowest BCUT2D eigenvalue weighted by Crippen LogP contribution is -2.21. The van der Waals surface area contributed by atoms with Crippen LogP contribution in [-0.4, -0.2) is 56.8 Å². The van der Waals surface area contributed by atoms with Crippen LogP contribution in [0, 0.1) is 0 Å². The second kappa shape index (κ2) is 7.03. The Morgan fingerprint density at radius 1 is 1.27 bits per heavy atom. The molecular formula is C13H16N6O2S. The summed E-state index contributed by atoms with van der Waals surface area (Å²) in [5, 5.41) is 14.3. The zero-order valence-corrected chi connectivity index (χ0v) is 13.3. The number of carbonyl (C=O) groups excluding carboxylic acids is 2. The van der Waals surface area contributed by atoms with Crippen molar-refractivity contribution in [2.45, 2.75) is 5.16 Å². The Kier molecular flexibility index (Phi) is 5.10. The molecule has 0 unspecified atom stereocenters. The first-order valence-electron chi connectivity index (χ1n) is 6.44. The van der Waals surface area contributed by atoms with Crippen LogP contribution in [0.1, 0.15) is 10.4 Å². The van der Waals surface area contributed by atoms with E-state index in [1.54, 1.807) is 45.4 Å². The van der Waals surface area contributed by atoms with Gasteiger partial charge in [-0.3, -0.25) is 9.59 Å². The van der Waals surface area contributed by atoms with E-state index in [0.29, 0.717) is 16.4 Å². The van der Waals surface area contributed by atoms with Crippen LogP contribution in [0.4, 0.5) is 5.69 Å². The third kappa shape index (κ3) is 4.04. The Morgan fingerprint density at radius 2 is 1.95 bits per heavy atom. The van der Waals surface area contributed by atoms with E-state index >= 15 is 0 Å². The van der Waals surface area contributed by atoms with Gasteiger partial charge in [-0.1, -0.05) is 11.8 Å². The number of anilines is 1. The number of aryl methyl sites for hydroxylation is 1. The maximum absolute atomic E-state index is 11.9. The zero-order valence-electron chi connectivity index (χ0n) is 12.5. The van der Waals surface area contributed by atoms with Crippen LogP contribution < -0.4 is 5.32 Å². The minimum absolute atomic E-state index is 0.0804. The number of aromatic nitrogens is 4. The summed E-state index contributed by atoms with van der Waals surface area (Å²) in [6, 6.07) is 6.75. The molecule has 0 aliphatic rings. The van der Waals surface area contributed by atoms with Gasteiger partial charge in [-0.05, 0) is 34.7 Å². The van der Waals surface area contributed by atoms with Gasteiger partial charge in [-0.25, -0.2) is 4.68 Å². The van der Waals surface area contributed by atoms with E-state index in [1.165, 1.54) is 21.3 Å². The van der Waals surface area contributed by atoms with Gasteiger partial charge in [-0.2, -0.15) is 0 Å². The highest BCUT2D eigenvalue weighted by molar-refractivity contribution is 7.99. The van der Waals surface area contributed by atoms with Gasteiger partial charge in [-0.15, -0.1) is 5.10 Å². The second-order valence-electron chi connectivity index (χ2n) is 4.70. The molecule has 2 amide bonds. The molecule has 8 nitrogen and oxygen atoms in total. The molecule has 9 heteroatoms. The van der Waals surface area contributed by atoms with E-state index < -0.39 is 0 Å². The van der Waals surface area contributed by atoms with Crippen molar-refractivity contribution >= 4 is 29.3 Å². The molecule has 0 saturated heterocycles. The molecule has 22 heavy (non-hydrogen) atoms. The highest BCUT2D eigenvalue weighted by atomic mass is 32.2. The predicted octanol–water partition coefficient (Wildman–Crippen LogP) is 0.643. The molecule has 1 heterocycles. The summed E-state index contributed by atoms with van der Waals surface area (Å²) in [5.41, 5.74) is 1.21. The molecule has 0 bridgehead atoms. The molecule has 1 N–H and O–H groups in total. The van der Waals surface area contributed by atoms with Crippen LogP contribution in [-0.2, 0) is 11.8 Å². The maximum atomic E-state index is 11.9. The van der Waals surface area contributed by atoms with Gasteiger partial charge in [0.15, 0.2) is 0 Å². The van der Waals surface area contributed by atoms with Gasteiger partial charge < -0.3 is 10.2 Å². The van der Waals surface area contributed by atoms with Crippen molar-refractivity contribution in [2.75, 3.05) is 25.2 Å². The average molecular weight is 320 g/mol. The minimum Gasteiger partial charge on any atom is -0.345 e. The van der Waals surface area contributed by atoms with Crippen molar-refractivity contribution in [1.29, 1.82) is 0 Å². The fourth-order valence-electron chi connectivity index (χ4n) is 1.63. The summed E-state index contributed by atoms with van der Waals surface area (Å²) in [4.78, 5) is 25.1. The molecule has 116 valence electrons. The lowest BCUT2D eigenvalue weighted by atomic mass is 10.2. The van der Waals surface area contributed by atoms with Crippen molar-refractivity contribution in [2.24, 2.45) is 7.05 Å². The highest BCUT2D eigenvalue weighted by Crippen LogP contribution is 2.14. The van der Waals surface area contributed by atoms with Gasteiger partial charge in [0.2, 0.25) is 11.1 Å². The Bertz CT molecular complexity index is 667. The molecule has 0 aliphatic heterocycles. The molecule has 2 rings (SSSR count). The van der Waals surface area contributed by atoms with Gasteiger partial charge >= 0.3 is 0 Å². The summed E-state index contributed by atoms with van der Waals surface area (Å²) in [6.07, 6.45) is 0. The number of carbonyl (C=O) groups is 2. The maximum Gasteiger partial charge on any atom is 0.253 e. The normalized spacial score (nSPS) is 10.3. The number of hydrogen-bond acceptors (Lipinski definition) is 6. The third-order valence-corrected chi connectivity index (χ3v) is 3.75. The van der Waals surface area contributed by atoms with E-state index in [0.717, 1.165) is 0 Å². The number of benzene rings is 1. The molecule has 0 fully saturated rings. The van der Waals surface area contributed by atoms with Crippen molar-refractivity contribution in [1.82, 2.24) is 25.1 Å². The van der Waals surface area contributed by atoms with E-state index in [9.17, 15) is 9.59 Å². The number of thioether (sulfide) groups is 1. The quantitative estimate of drug-likeness (QED) is 0.813. The zero-order chi connectivity index (χ0) is 16.1. The van der Waals surface area contributed by atoms with Crippen LogP contribution >= 0.6 is 11.8 Å². The predicted molar refractivity (Wildman–Crippen MR) is 82.6 cm³/mol. The van der Waals surface area contributed by atoms with Gasteiger partial charge in [0.05, 0.1) is 5.75 Å². The number of nitrogens with one attached hydrogen (secondary N) is 1. The van der Waals surface area contributed by atoms with Gasteiger partial charge in [0.1, 0.15) is 0 Å². The first kappa shape index (κ1) is 16.0. The molecule has 0 spiro atoms. The van der Waals surface area contributed by atoms with Crippen LogP contribution in [0.5, 0.6) is 0 Å². The second-order valence-corrected chi connectivity index (χ2v) is 5.64. The fraction of sp³-hybridized carbons (Fsp3) is 0.308. The summed E-state index contributed by atoms with van der Waals surface area (Å²) < 4.78 is 1.50. The van der Waals surface area contributed by atoms with E-state index in [4.69, 9.17) is 0 Å². The van der Waals surface area contributed by atoms with E-state index in [-0.39, 0.29) is 17.6 Å². The fourth-order valence-corrected chi connectivity index (χ4v) is 2.27.